The lowest BCUT2D eigenvalue weighted by Crippen LogP contribution is -2.59. The molecule has 3 fully saturated rings. The Balaban J connectivity index is 1.23. The van der Waals surface area contributed by atoms with Crippen molar-refractivity contribution in [3.05, 3.63) is 11.7 Å². The summed E-state index contributed by atoms with van der Waals surface area (Å²) in [5.41, 5.74) is 0. The van der Waals surface area contributed by atoms with Gasteiger partial charge in [-0.3, -0.25) is 9.69 Å². The molecule has 3 aliphatic rings. The van der Waals surface area contributed by atoms with Gasteiger partial charge in [0, 0.05) is 19.1 Å². The van der Waals surface area contributed by atoms with Crippen LogP contribution >= 0.6 is 0 Å². The summed E-state index contributed by atoms with van der Waals surface area (Å²) in [6.07, 6.45) is 4.78. The summed E-state index contributed by atoms with van der Waals surface area (Å²) in [6, 6.07) is 0.789. The summed E-state index contributed by atoms with van der Waals surface area (Å²) in [7, 11) is 0. The third-order valence-electron chi connectivity index (χ3n) is 4.77. The Kier molecular flexibility index (Phi) is 3.62. The van der Waals surface area contributed by atoms with Crippen LogP contribution in [0.2, 0.25) is 0 Å². The van der Waals surface area contributed by atoms with E-state index in [0.717, 1.165) is 19.4 Å². The van der Waals surface area contributed by atoms with E-state index in [1.54, 1.807) is 6.92 Å². The number of hydrogen-bond acceptors (Lipinski definition) is 6. The van der Waals surface area contributed by atoms with Crippen LogP contribution in [0.3, 0.4) is 0 Å². The fourth-order valence-electron chi connectivity index (χ4n) is 3.42. The van der Waals surface area contributed by atoms with Crippen molar-refractivity contribution in [2.45, 2.75) is 57.4 Å². The summed E-state index contributed by atoms with van der Waals surface area (Å²) >= 11 is 0. The lowest BCUT2D eigenvalue weighted by Gasteiger charge is -2.41. The van der Waals surface area contributed by atoms with Gasteiger partial charge in [-0.15, -0.1) is 0 Å². The standard InChI is InChI=1S/C15H22N4O3/c1-10-16-14(22-17-10)9-21-12-7-18(8-12)15(20)13-3-2-6-19(13)11-4-5-11/h11-13H,2-9H2,1H3. The Morgan fingerprint density at radius 2 is 2.18 bits per heavy atom. The molecule has 2 aliphatic heterocycles. The highest BCUT2D eigenvalue weighted by Gasteiger charge is 2.44. The van der Waals surface area contributed by atoms with E-state index >= 15 is 0 Å². The summed E-state index contributed by atoms with van der Waals surface area (Å²) in [6.45, 7) is 4.56. The molecule has 3 heterocycles. The number of nitrogens with zero attached hydrogens (tertiary/aromatic N) is 4. The third-order valence-corrected chi connectivity index (χ3v) is 4.77. The van der Waals surface area contributed by atoms with E-state index in [2.05, 4.69) is 15.0 Å². The molecule has 0 N–H and O–H groups in total. The van der Waals surface area contributed by atoms with Gasteiger partial charge in [0.15, 0.2) is 5.82 Å². The van der Waals surface area contributed by atoms with Crippen molar-refractivity contribution in [2.75, 3.05) is 19.6 Å². The molecule has 0 radical (unpaired) electrons. The topological polar surface area (TPSA) is 71.7 Å². The molecule has 120 valence electrons. The highest BCUT2D eigenvalue weighted by Crippen LogP contribution is 2.34. The second-order valence-electron chi connectivity index (χ2n) is 6.54. The second-order valence-corrected chi connectivity index (χ2v) is 6.54. The van der Waals surface area contributed by atoms with Crippen LogP contribution in [-0.2, 0) is 16.1 Å². The number of aromatic nitrogens is 2. The lowest BCUT2D eigenvalue weighted by atomic mass is 10.1. The molecular formula is C15H22N4O3. The maximum atomic E-state index is 12.6. The summed E-state index contributed by atoms with van der Waals surface area (Å²) in [4.78, 5) is 21.0. The van der Waals surface area contributed by atoms with Gasteiger partial charge >= 0.3 is 0 Å². The molecule has 4 rings (SSSR count). The number of hydrogen-bond donors (Lipinski definition) is 0. The van der Waals surface area contributed by atoms with Crippen LogP contribution in [0.25, 0.3) is 0 Å². The zero-order valence-corrected chi connectivity index (χ0v) is 12.9. The number of amides is 1. The number of ether oxygens (including phenoxy) is 1. The van der Waals surface area contributed by atoms with Gasteiger partial charge in [0.25, 0.3) is 5.89 Å². The maximum absolute atomic E-state index is 12.6. The van der Waals surface area contributed by atoms with Crippen LogP contribution in [0, 0.1) is 6.92 Å². The molecule has 1 atom stereocenters. The van der Waals surface area contributed by atoms with Crippen LogP contribution in [0.15, 0.2) is 4.52 Å². The van der Waals surface area contributed by atoms with E-state index in [1.165, 1.54) is 12.8 Å². The van der Waals surface area contributed by atoms with Gasteiger partial charge in [0.2, 0.25) is 5.91 Å². The van der Waals surface area contributed by atoms with E-state index < -0.39 is 0 Å². The number of aryl methyl sites for hydroxylation is 1. The Hall–Kier alpha value is -1.47. The molecule has 0 aromatic carbocycles. The third kappa shape index (κ3) is 2.75. The Morgan fingerprint density at radius 3 is 2.86 bits per heavy atom. The van der Waals surface area contributed by atoms with Gasteiger partial charge in [-0.2, -0.15) is 4.98 Å². The molecule has 2 saturated heterocycles. The molecule has 1 amide bonds. The van der Waals surface area contributed by atoms with E-state index in [1.807, 2.05) is 4.90 Å². The molecule has 1 unspecified atom stereocenters. The molecule has 1 aliphatic carbocycles. The van der Waals surface area contributed by atoms with Crippen molar-refractivity contribution in [3.63, 3.8) is 0 Å². The zero-order valence-electron chi connectivity index (χ0n) is 12.9. The van der Waals surface area contributed by atoms with Crippen molar-refractivity contribution in [3.8, 4) is 0 Å². The second kappa shape index (κ2) is 5.62. The molecule has 0 spiro atoms. The van der Waals surface area contributed by atoms with Crippen molar-refractivity contribution >= 4 is 5.91 Å². The van der Waals surface area contributed by atoms with Gasteiger partial charge in [-0.05, 0) is 39.2 Å². The lowest BCUT2D eigenvalue weighted by molar-refractivity contribution is -0.151. The Labute approximate surface area is 129 Å². The summed E-state index contributed by atoms with van der Waals surface area (Å²) in [5.74, 6) is 1.40. The van der Waals surface area contributed by atoms with E-state index in [4.69, 9.17) is 9.26 Å². The van der Waals surface area contributed by atoms with E-state index in [0.29, 0.717) is 37.5 Å². The molecule has 7 heteroatoms. The van der Waals surface area contributed by atoms with Gasteiger partial charge in [0.1, 0.15) is 6.61 Å². The first-order chi connectivity index (χ1) is 10.7. The predicted molar refractivity (Wildman–Crippen MR) is 76.9 cm³/mol. The van der Waals surface area contributed by atoms with Gasteiger partial charge < -0.3 is 14.2 Å². The minimum atomic E-state index is 0.0898. The average molecular weight is 306 g/mol. The summed E-state index contributed by atoms with van der Waals surface area (Å²) in [5, 5.41) is 3.73. The van der Waals surface area contributed by atoms with Gasteiger partial charge in [-0.25, -0.2) is 0 Å². The number of carbonyl (C=O) groups excluding carboxylic acids is 1. The number of carbonyl (C=O) groups is 1. The van der Waals surface area contributed by atoms with Crippen LogP contribution in [0.5, 0.6) is 0 Å². The quantitative estimate of drug-likeness (QED) is 0.799. The first-order valence-corrected chi connectivity index (χ1v) is 8.16. The highest BCUT2D eigenvalue weighted by atomic mass is 16.5. The van der Waals surface area contributed by atoms with Crippen molar-refractivity contribution < 1.29 is 14.1 Å². The zero-order chi connectivity index (χ0) is 15.1. The Bertz CT molecular complexity index is 551. The number of likely N-dealkylation sites (tertiary alicyclic amines) is 2. The minimum absolute atomic E-state index is 0.0898. The van der Waals surface area contributed by atoms with E-state index in [9.17, 15) is 4.79 Å². The number of rotatable bonds is 5. The van der Waals surface area contributed by atoms with Crippen LogP contribution in [-0.4, -0.2) is 63.7 Å². The molecule has 1 saturated carbocycles. The normalized spacial score (nSPS) is 26.4. The molecule has 7 nitrogen and oxygen atoms in total. The first-order valence-electron chi connectivity index (χ1n) is 8.16. The maximum Gasteiger partial charge on any atom is 0.252 e. The summed E-state index contributed by atoms with van der Waals surface area (Å²) < 4.78 is 10.7. The monoisotopic (exact) mass is 306 g/mol. The van der Waals surface area contributed by atoms with Crippen molar-refractivity contribution in [2.24, 2.45) is 0 Å². The Morgan fingerprint density at radius 1 is 1.36 bits per heavy atom. The van der Waals surface area contributed by atoms with Crippen molar-refractivity contribution in [1.82, 2.24) is 19.9 Å². The molecule has 1 aromatic rings. The largest absolute Gasteiger partial charge is 0.365 e. The first kappa shape index (κ1) is 14.1. The van der Waals surface area contributed by atoms with Gasteiger partial charge in [0.05, 0.1) is 12.1 Å². The molecule has 1 aromatic heterocycles. The van der Waals surface area contributed by atoms with Crippen molar-refractivity contribution in [1.29, 1.82) is 0 Å². The predicted octanol–water partition coefficient (Wildman–Crippen LogP) is 0.732. The SMILES string of the molecule is Cc1noc(COC2CN(C(=O)C3CCCN3C3CC3)C2)n1. The molecule has 0 bridgehead atoms. The van der Waals surface area contributed by atoms with Crippen LogP contribution in [0.1, 0.15) is 37.4 Å². The van der Waals surface area contributed by atoms with Gasteiger partial charge in [-0.1, -0.05) is 5.16 Å². The molecular weight excluding hydrogens is 284 g/mol. The minimum Gasteiger partial charge on any atom is -0.365 e. The van der Waals surface area contributed by atoms with E-state index in [-0.39, 0.29) is 18.1 Å². The fourth-order valence-corrected chi connectivity index (χ4v) is 3.42. The smallest absolute Gasteiger partial charge is 0.252 e. The fraction of sp³-hybridized carbons (Fsp3) is 0.800. The molecule has 22 heavy (non-hydrogen) atoms. The average Bonchev–Trinajstić information content (AvgIpc) is 3.03. The highest BCUT2D eigenvalue weighted by molar-refractivity contribution is 5.83. The van der Waals surface area contributed by atoms with Crippen LogP contribution in [0.4, 0.5) is 0 Å². The van der Waals surface area contributed by atoms with Crippen LogP contribution < -0.4 is 0 Å².